The highest BCUT2D eigenvalue weighted by Gasteiger charge is 2.10. The predicted octanol–water partition coefficient (Wildman–Crippen LogP) is 2.28. The van der Waals surface area contributed by atoms with E-state index < -0.39 is 10.7 Å². The van der Waals surface area contributed by atoms with Crippen molar-refractivity contribution in [1.29, 1.82) is 0 Å². The van der Waals surface area contributed by atoms with Crippen molar-refractivity contribution in [2.24, 2.45) is 0 Å². The Kier molecular flexibility index (Phi) is 5.95. The highest BCUT2D eigenvalue weighted by molar-refractivity contribution is 6.53. The lowest BCUT2D eigenvalue weighted by Crippen LogP contribution is -2.27. The van der Waals surface area contributed by atoms with Crippen molar-refractivity contribution in [3.05, 3.63) is 35.4 Å². The first-order valence-corrected chi connectivity index (χ1v) is 6.23. The first kappa shape index (κ1) is 14.8. The Morgan fingerprint density at radius 1 is 1.28 bits per heavy atom. The van der Waals surface area contributed by atoms with Crippen LogP contribution < -0.4 is 5.32 Å². The van der Waals surface area contributed by atoms with Gasteiger partial charge in [-0.25, -0.2) is 4.79 Å². The van der Waals surface area contributed by atoms with E-state index in [0.717, 1.165) is 5.56 Å². The van der Waals surface area contributed by atoms with Crippen LogP contribution >= 0.6 is 23.2 Å². The van der Waals surface area contributed by atoms with Crippen LogP contribution in [0.15, 0.2) is 24.3 Å². The molecule has 1 amide bonds. The van der Waals surface area contributed by atoms with Gasteiger partial charge < -0.3 is 10.1 Å². The van der Waals surface area contributed by atoms with Crippen LogP contribution in [0, 0.1) is 0 Å². The van der Waals surface area contributed by atoms with Crippen LogP contribution in [0.4, 0.5) is 0 Å². The molecular weight excluding hydrogens is 277 g/mol. The molecule has 1 rings (SSSR count). The molecule has 0 aromatic heterocycles. The molecule has 0 heterocycles. The van der Waals surface area contributed by atoms with Crippen LogP contribution in [-0.4, -0.2) is 23.3 Å². The minimum absolute atomic E-state index is 0.303. The molecule has 0 bridgehead atoms. The van der Waals surface area contributed by atoms with E-state index in [1.54, 1.807) is 31.2 Å². The second kappa shape index (κ2) is 7.24. The summed E-state index contributed by atoms with van der Waals surface area (Å²) in [6.45, 7) is 2.39. The van der Waals surface area contributed by atoms with Gasteiger partial charge in [0.2, 0.25) is 0 Å². The number of nitrogens with one attached hydrogen (secondary N) is 1. The van der Waals surface area contributed by atoms with E-state index >= 15 is 0 Å². The summed E-state index contributed by atoms with van der Waals surface area (Å²) in [5.74, 6) is -0.817. The molecule has 1 aromatic rings. The fourth-order valence-corrected chi connectivity index (χ4v) is 1.39. The van der Waals surface area contributed by atoms with Crippen molar-refractivity contribution in [3.8, 4) is 0 Å². The van der Waals surface area contributed by atoms with E-state index in [1.165, 1.54) is 0 Å². The number of hydrogen-bond donors (Lipinski definition) is 1. The summed E-state index contributed by atoms with van der Waals surface area (Å²) in [5, 5.41) is 2.55. The Hall–Kier alpha value is -1.26. The monoisotopic (exact) mass is 289 g/mol. The van der Waals surface area contributed by atoms with E-state index in [9.17, 15) is 9.59 Å². The first-order valence-electron chi connectivity index (χ1n) is 5.36. The number of carbonyl (C=O) groups is 2. The number of ether oxygens (including phenoxy) is 1. The van der Waals surface area contributed by atoms with Crippen LogP contribution in [0.2, 0.25) is 0 Å². The maximum atomic E-state index is 11.4. The second-order valence-corrected chi connectivity index (χ2v) is 4.53. The number of alkyl halides is 2. The quantitative estimate of drug-likeness (QED) is 0.668. The number of rotatable bonds is 5. The fourth-order valence-electron chi connectivity index (χ4n) is 1.24. The number of amides is 1. The molecule has 0 saturated heterocycles. The zero-order chi connectivity index (χ0) is 13.5. The molecule has 98 valence electrons. The standard InChI is InChI=1S/C12H13Cl2NO3/c1-2-18-12(17)9-5-3-8(4-6-9)7-15-11(16)10(13)14/h3-6,10H,2,7H2,1H3,(H,15,16). The summed E-state index contributed by atoms with van der Waals surface area (Å²) in [6, 6.07) is 6.73. The van der Waals surface area contributed by atoms with Crippen molar-refractivity contribution in [1.82, 2.24) is 5.32 Å². The van der Waals surface area contributed by atoms with Crippen molar-refractivity contribution in [3.63, 3.8) is 0 Å². The number of halogens is 2. The van der Waals surface area contributed by atoms with Gasteiger partial charge in [-0.2, -0.15) is 0 Å². The number of benzene rings is 1. The van der Waals surface area contributed by atoms with Crippen LogP contribution in [0.3, 0.4) is 0 Å². The van der Waals surface area contributed by atoms with E-state index in [-0.39, 0.29) is 5.97 Å². The normalized spacial score (nSPS) is 10.2. The van der Waals surface area contributed by atoms with Gasteiger partial charge in [-0.15, -0.1) is 0 Å². The van der Waals surface area contributed by atoms with Gasteiger partial charge in [0.15, 0.2) is 4.84 Å². The molecule has 18 heavy (non-hydrogen) atoms. The summed E-state index contributed by atoms with van der Waals surface area (Å²) in [4.78, 5) is 21.4. The molecule has 4 nitrogen and oxygen atoms in total. The van der Waals surface area contributed by atoms with Crippen molar-refractivity contribution in [2.45, 2.75) is 18.3 Å². The van der Waals surface area contributed by atoms with E-state index in [1.807, 2.05) is 0 Å². The molecule has 0 fully saturated rings. The van der Waals surface area contributed by atoms with Crippen LogP contribution in [0.5, 0.6) is 0 Å². The van der Waals surface area contributed by atoms with Gasteiger partial charge in [-0.05, 0) is 24.6 Å². The number of carbonyl (C=O) groups excluding carboxylic acids is 2. The average Bonchev–Trinajstić information content (AvgIpc) is 2.36. The molecule has 0 unspecified atom stereocenters. The van der Waals surface area contributed by atoms with Crippen molar-refractivity contribution in [2.75, 3.05) is 6.61 Å². The number of hydrogen-bond acceptors (Lipinski definition) is 3. The molecule has 0 spiro atoms. The zero-order valence-corrected chi connectivity index (χ0v) is 11.3. The minimum atomic E-state index is -1.08. The van der Waals surface area contributed by atoms with Gasteiger partial charge in [0.25, 0.3) is 5.91 Å². The molecule has 0 radical (unpaired) electrons. The van der Waals surface area contributed by atoms with Gasteiger partial charge in [-0.1, -0.05) is 35.3 Å². The Balaban J connectivity index is 2.55. The van der Waals surface area contributed by atoms with Crippen molar-refractivity contribution < 1.29 is 14.3 Å². The molecule has 1 N–H and O–H groups in total. The fraction of sp³-hybridized carbons (Fsp3) is 0.333. The van der Waals surface area contributed by atoms with Gasteiger partial charge in [0, 0.05) is 6.54 Å². The molecular formula is C12H13Cl2NO3. The Morgan fingerprint density at radius 3 is 2.39 bits per heavy atom. The number of esters is 1. The third kappa shape index (κ3) is 4.55. The summed E-state index contributed by atoms with van der Waals surface area (Å²) in [5.41, 5.74) is 1.31. The molecule has 0 atom stereocenters. The highest BCUT2D eigenvalue weighted by Crippen LogP contribution is 2.07. The molecule has 1 aromatic carbocycles. The highest BCUT2D eigenvalue weighted by atomic mass is 35.5. The van der Waals surface area contributed by atoms with Crippen LogP contribution in [0.25, 0.3) is 0 Å². The molecule has 0 aliphatic heterocycles. The van der Waals surface area contributed by atoms with Gasteiger partial charge in [-0.3, -0.25) is 4.79 Å². The maximum absolute atomic E-state index is 11.4. The molecule has 0 aliphatic rings. The van der Waals surface area contributed by atoms with Gasteiger partial charge in [0.1, 0.15) is 0 Å². The SMILES string of the molecule is CCOC(=O)c1ccc(CNC(=O)C(Cl)Cl)cc1. The minimum Gasteiger partial charge on any atom is -0.462 e. The largest absolute Gasteiger partial charge is 0.462 e. The summed E-state index contributed by atoms with van der Waals surface area (Å²) in [6.07, 6.45) is 0. The molecule has 0 aliphatic carbocycles. The Morgan fingerprint density at radius 2 is 1.89 bits per heavy atom. The summed E-state index contributed by atoms with van der Waals surface area (Å²) < 4.78 is 4.85. The summed E-state index contributed by atoms with van der Waals surface area (Å²) >= 11 is 10.8. The van der Waals surface area contributed by atoms with Crippen LogP contribution in [-0.2, 0) is 16.1 Å². The lowest BCUT2D eigenvalue weighted by Gasteiger charge is -2.06. The Labute approximate surface area is 115 Å². The Bertz CT molecular complexity index is 418. The predicted molar refractivity (Wildman–Crippen MR) is 69.7 cm³/mol. The van der Waals surface area contributed by atoms with Crippen molar-refractivity contribution >= 4 is 35.1 Å². The molecule has 6 heteroatoms. The first-order chi connectivity index (χ1) is 8.54. The lowest BCUT2D eigenvalue weighted by molar-refractivity contribution is -0.119. The lowest BCUT2D eigenvalue weighted by atomic mass is 10.1. The molecule has 0 saturated carbocycles. The zero-order valence-electron chi connectivity index (χ0n) is 9.78. The van der Waals surface area contributed by atoms with Crippen LogP contribution in [0.1, 0.15) is 22.8 Å². The maximum Gasteiger partial charge on any atom is 0.338 e. The van der Waals surface area contributed by atoms with Gasteiger partial charge in [0.05, 0.1) is 12.2 Å². The van der Waals surface area contributed by atoms with E-state index in [0.29, 0.717) is 18.7 Å². The van der Waals surface area contributed by atoms with E-state index in [2.05, 4.69) is 5.32 Å². The topological polar surface area (TPSA) is 55.4 Å². The average molecular weight is 290 g/mol. The van der Waals surface area contributed by atoms with E-state index in [4.69, 9.17) is 27.9 Å². The second-order valence-electron chi connectivity index (χ2n) is 3.44. The third-order valence-corrected chi connectivity index (χ3v) is 2.53. The third-order valence-electron chi connectivity index (χ3n) is 2.13. The van der Waals surface area contributed by atoms with Gasteiger partial charge >= 0.3 is 5.97 Å². The smallest absolute Gasteiger partial charge is 0.338 e. The summed E-state index contributed by atoms with van der Waals surface area (Å²) in [7, 11) is 0.